The SMILES string of the molecule is Cc1cc(C(=O)NCC2CCC(O)CC2)ccc1F. The number of halogens is 1. The molecule has 0 radical (unpaired) electrons. The first-order valence-electron chi connectivity index (χ1n) is 6.78. The molecule has 0 bridgehead atoms. The molecule has 0 aromatic heterocycles. The van der Waals surface area contributed by atoms with Crippen LogP contribution in [0.15, 0.2) is 18.2 Å². The van der Waals surface area contributed by atoms with Crippen molar-refractivity contribution >= 4 is 5.91 Å². The predicted octanol–water partition coefficient (Wildman–Crippen LogP) is 2.42. The average molecular weight is 265 g/mol. The van der Waals surface area contributed by atoms with Gasteiger partial charge in [-0.2, -0.15) is 0 Å². The second-order valence-electron chi connectivity index (χ2n) is 5.35. The number of aliphatic hydroxyl groups excluding tert-OH is 1. The number of benzene rings is 1. The second-order valence-corrected chi connectivity index (χ2v) is 5.35. The summed E-state index contributed by atoms with van der Waals surface area (Å²) in [5, 5.41) is 12.3. The molecule has 1 aromatic carbocycles. The molecule has 1 fully saturated rings. The van der Waals surface area contributed by atoms with E-state index >= 15 is 0 Å². The molecule has 3 nitrogen and oxygen atoms in total. The maximum Gasteiger partial charge on any atom is 0.251 e. The molecule has 1 aliphatic carbocycles. The van der Waals surface area contributed by atoms with Gasteiger partial charge in [0.25, 0.3) is 5.91 Å². The van der Waals surface area contributed by atoms with Crippen LogP contribution in [-0.2, 0) is 0 Å². The molecule has 104 valence electrons. The Morgan fingerprint density at radius 3 is 2.68 bits per heavy atom. The van der Waals surface area contributed by atoms with Crippen LogP contribution in [0.2, 0.25) is 0 Å². The van der Waals surface area contributed by atoms with Gasteiger partial charge in [-0.1, -0.05) is 0 Å². The quantitative estimate of drug-likeness (QED) is 0.881. The van der Waals surface area contributed by atoms with E-state index in [0.29, 0.717) is 23.6 Å². The van der Waals surface area contributed by atoms with Crippen molar-refractivity contribution in [3.05, 3.63) is 35.1 Å². The van der Waals surface area contributed by atoms with Crippen LogP contribution in [0.3, 0.4) is 0 Å². The van der Waals surface area contributed by atoms with Gasteiger partial charge < -0.3 is 10.4 Å². The first-order valence-corrected chi connectivity index (χ1v) is 6.78. The lowest BCUT2D eigenvalue weighted by Gasteiger charge is -2.25. The summed E-state index contributed by atoms with van der Waals surface area (Å²) >= 11 is 0. The van der Waals surface area contributed by atoms with E-state index in [2.05, 4.69) is 5.32 Å². The third kappa shape index (κ3) is 3.77. The number of nitrogens with one attached hydrogen (secondary N) is 1. The van der Waals surface area contributed by atoms with Gasteiger partial charge in [0.05, 0.1) is 6.10 Å². The van der Waals surface area contributed by atoms with Crippen molar-refractivity contribution in [2.75, 3.05) is 6.54 Å². The van der Waals surface area contributed by atoms with Gasteiger partial charge in [-0.25, -0.2) is 4.39 Å². The summed E-state index contributed by atoms with van der Waals surface area (Å²) in [6.45, 7) is 2.27. The smallest absolute Gasteiger partial charge is 0.251 e. The van der Waals surface area contributed by atoms with Gasteiger partial charge in [0.1, 0.15) is 5.82 Å². The van der Waals surface area contributed by atoms with E-state index < -0.39 is 0 Å². The van der Waals surface area contributed by atoms with E-state index in [9.17, 15) is 14.3 Å². The number of aliphatic hydroxyl groups is 1. The molecule has 1 amide bonds. The Balaban J connectivity index is 1.85. The van der Waals surface area contributed by atoms with Crippen molar-refractivity contribution in [3.63, 3.8) is 0 Å². The minimum absolute atomic E-state index is 0.158. The Bertz CT molecular complexity index is 453. The van der Waals surface area contributed by atoms with E-state index in [4.69, 9.17) is 0 Å². The summed E-state index contributed by atoms with van der Waals surface area (Å²) in [4.78, 5) is 11.9. The van der Waals surface area contributed by atoms with Crippen LogP contribution in [-0.4, -0.2) is 23.7 Å². The number of hydrogen-bond acceptors (Lipinski definition) is 2. The minimum atomic E-state index is -0.294. The van der Waals surface area contributed by atoms with Crippen LogP contribution in [0, 0.1) is 18.7 Å². The molecular weight excluding hydrogens is 245 g/mol. The van der Waals surface area contributed by atoms with Gasteiger partial charge in [0.15, 0.2) is 0 Å². The molecule has 4 heteroatoms. The second kappa shape index (κ2) is 6.15. The number of aryl methyl sites for hydroxylation is 1. The fourth-order valence-electron chi connectivity index (χ4n) is 2.47. The number of rotatable bonds is 3. The van der Waals surface area contributed by atoms with Gasteiger partial charge in [0.2, 0.25) is 0 Å². The molecule has 0 spiro atoms. The van der Waals surface area contributed by atoms with Gasteiger partial charge in [-0.3, -0.25) is 4.79 Å². The van der Waals surface area contributed by atoms with Crippen LogP contribution >= 0.6 is 0 Å². The Hall–Kier alpha value is -1.42. The molecule has 2 rings (SSSR count). The average Bonchev–Trinajstić information content (AvgIpc) is 2.41. The summed E-state index contributed by atoms with van der Waals surface area (Å²) in [6, 6.07) is 4.39. The lowest BCUT2D eigenvalue weighted by atomic mass is 9.87. The van der Waals surface area contributed by atoms with Gasteiger partial charge >= 0.3 is 0 Å². The van der Waals surface area contributed by atoms with E-state index in [-0.39, 0.29) is 17.8 Å². The van der Waals surface area contributed by atoms with E-state index in [0.717, 1.165) is 25.7 Å². The lowest BCUT2D eigenvalue weighted by Crippen LogP contribution is -2.32. The van der Waals surface area contributed by atoms with Crippen LogP contribution in [0.5, 0.6) is 0 Å². The molecular formula is C15H20FNO2. The molecule has 0 aliphatic heterocycles. The van der Waals surface area contributed by atoms with Crippen molar-refractivity contribution in [2.24, 2.45) is 5.92 Å². The van der Waals surface area contributed by atoms with Gasteiger partial charge in [0, 0.05) is 12.1 Å². The summed E-state index contributed by atoms with van der Waals surface area (Å²) in [5.74, 6) is -0.0130. The minimum Gasteiger partial charge on any atom is -0.393 e. The summed E-state index contributed by atoms with van der Waals surface area (Å²) in [7, 11) is 0. The molecule has 1 aromatic rings. The first-order chi connectivity index (χ1) is 9.06. The number of amides is 1. The standard InChI is InChI=1S/C15H20FNO2/c1-10-8-12(4-7-14(10)16)15(19)17-9-11-2-5-13(18)6-3-11/h4,7-8,11,13,18H,2-3,5-6,9H2,1H3,(H,17,19). The van der Waals surface area contributed by atoms with Crippen molar-refractivity contribution in [3.8, 4) is 0 Å². The first kappa shape index (κ1) is 14.0. The van der Waals surface area contributed by atoms with Crippen LogP contribution in [0.4, 0.5) is 4.39 Å². The van der Waals surface area contributed by atoms with E-state index in [1.807, 2.05) is 0 Å². The summed E-state index contributed by atoms with van der Waals surface area (Å²) < 4.78 is 13.1. The third-order valence-corrected chi connectivity index (χ3v) is 3.79. The zero-order chi connectivity index (χ0) is 13.8. The Labute approximate surface area is 112 Å². The van der Waals surface area contributed by atoms with Crippen LogP contribution in [0.1, 0.15) is 41.6 Å². The van der Waals surface area contributed by atoms with E-state index in [1.165, 1.54) is 12.1 Å². The number of carbonyl (C=O) groups is 1. The normalized spacial score (nSPS) is 23.1. The van der Waals surface area contributed by atoms with Crippen LogP contribution < -0.4 is 5.32 Å². The topological polar surface area (TPSA) is 49.3 Å². The summed E-state index contributed by atoms with van der Waals surface area (Å²) in [6.07, 6.45) is 3.35. The van der Waals surface area contributed by atoms with E-state index in [1.54, 1.807) is 13.0 Å². The predicted molar refractivity (Wildman–Crippen MR) is 71.4 cm³/mol. The fraction of sp³-hybridized carbons (Fsp3) is 0.533. The van der Waals surface area contributed by atoms with Crippen LogP contribution in [0.25, 0.3) is 0 Å². The largest absolute Gasteiger partial charge is 0.393 e. The molecule has 1 aliphatic rings. The highest BCUT2D eigenvalue weighted by molar-refractivity contribution is 5.94. The molecule has 0 heterocycles. The maximum absolute atomic E-state index is 13.1. The number of carbonyl (C=O) groups excluding carboxylic acids is 1. The molecule has 2 N–H and O–H groups in total. The zero-order valence-electron chi connectivity index (χ0n) is 11.2. The van der Waals surface area contributed by atoms with Gasteiger partial charge in [-0.05, 0) is 62.3 Å². The van der Waals surface area contributed by atoms with Crippen molar-refractivity contribution in [2.45, 2.75) is 38.7 Å². The number of hydrogen-bond donors (Lipinski definition) is 2. The molecule has 0 atom stereocenters. The third-order valence-electron chi connectivity index (χ3n) is 3.79. The zero-order valence-corrected chi connectivity index (χ0v) is 11.2. The van der Waals surface area contributed by atoms with Crippen molar-refractivity contribution < 1.29 is 14.3 Å². The Morgan fingerprint density at radius 1 is 1.37 bits per heavy atom. The molecule has 0 saturated heterocycles. The Morgan fingerprint density at radius 2 is 2.05 bits per heavy atom. The summed E-state index contributed by atoms with van der Waals surface area (Å²) in [5.41, 5.74) is 0.975. The lowest BCUT2D eigenvalue weighted by molar-refractivity contribution is 0.0910. The highest BCUT2D eigenvalue weighted by Crippen LogP contribution is 2.23. The molecule has 19 heavy (non-hydrogen) atoms. The molecule has 1 saturated carbocycles. The maximum atomic E-state index is 13.1. The Kier molecular flexibility index (Phi) is 4.53. The molecule has 0 unspecified atom stereocenters. The van der Waals surface area contributed by atoms with Crippen molar-refractivity contribution in [1.82, 2.24) is 5.32 Å². The fourth-order valence-corrected chi connectivity index (χ4v) is 2.47. The van der Waals surface area contributed by atoms with Crippen molar-refractivity contribution in [1.29, 1.82) is 0 Å². The highest BCUT2D eigenvalue weighted by Gasteiger charge is 2.20. The van der Waals surface area contributed by atoms with Gasteiger partial charge in [-0.15, -0.1) is 0 Å². The monoisotopic (exact) mass is 265 g/mol. The highest BCUT2D eigenvalue weighted by atomic mass is 19.1.